The lowest BCUT2D eigenvalue weighted by Gasteiger charge is -2.40. The van der Waals surface area contributed by atoms with Crippen molar-refractivity contribution in [1.82, 2.24) is 10.6 Å². The van der Waals surface area contributed by atoms with Crippen molar-refractivity contribution in [3.63, 3.8) is 0 Å². The molecule has 7 heteroatoms. The van der Waals surface area contributed by atoms with Crippen molar-refractivity contribution in [2.24, 2.45) is 5.41 Å². The molecule has 3 unspecified atom stereocenters. The van der Waals surface area contributed by atoms with Crippen LogP contribution in [0.15, 0.2) is 48.5 Å². The molecule has 0 saturated heterocycles. The smallest absolute Gasteiger partial charge is 0.407 e. The van der Waals surface area contributed by atoms with Crippen molar-refractivity contribution in [2.45, 2.75) is 70.4 Å². The van der Waals surface area contributed by atoms with Gasteiger partial charge in [-0.25, -0.2) is 9.59 Å². The van der Waals surface area contributed by atoms with Crippen LogP contribution in [0.1, 0.15) is 69.4 Å². The molecule has 3 N–H and O–H groups in total. The summed E-state index contributed by atoms with van der Waals surface area (Å²) in [5.41, 5.74) is 3.70. The van der Waals surface area contributed by atoms with Crippen molar-refractivity contribution in [3.05, 3.63) is 59.7 Å². The summed E-state index contributed by atoms with van der Waals surface area (Å²) >= 11 is 0. The summed E-state index contributed by atoms with van der Waals surface area (Å²) in [7, 11) is 0. The zero-order valence-corrected chi connectivity index (χ0v) is 20.4. The van der Waals surface area contributed by atoms with Crippen LogP contribution in [-0.2, 0) is 14.3 Å². The van der Waals surface area contributed by atoms with Gasteiger partial charge in [0.25, 0.3) is 0 Å². The molecule has 1 saturated carbocycles. The third kappa shape index (κ3) is 5.04. The van der Waals surface area contributed by atoms with E-state index < -0.39 is 29.6 Å². The summed E-state index contributed by atoms with van der Waals surface area (Å²) in [6.07, 6.45) is 3.40. The maximum atomic E-state index is 13.2. The number of carboxylic acids is 1. The van der Waals surface area contributed by atoms with Crippen molar-refractivity contribution in [2.75, 3.05) is 6.61 Å². The molecule has 0 aliphatic heterocycles. The van der Waals surface area contributed by atoms with Crippen molar-refractivity contribution >= 4 is 18.0 Å². The molecule has 0 aromatic heterocycles. The quantitative estimate of drug-likeness (QED) is 0.503. The average Bonchev–Trinajstić information content (AvgIpc) is 3.17. The van der Waals surface area contributed by atoms with Gasteiger partial charge in [-0.15, -0.1) is 0 Å². The maximum absolute atomic E-state index is 13.2. The van der Waals surface area contributed by atoms with Gasteiger partial charge in [-0.2, -0.15) is 0 Å². The normalized spacial score (nSPS) is 21.9. The van der Waals surface area contributed by atoms with E-state index in [2.05, 4.69) is 34.9 Å². The van der Waals surface area contributed by atoms with Crippen LogP contribution in [0.25, 0.3) is 11.1 Å². The number of hydrogen-bond donors (Lipinski definition) is 3. The molecule has 1 fully saturated rings. The Hall–Kier alpha value is -3.35. The number of ether oxygens (including phenoxy) is 1. The Labute approximate surface area is 206 Å². The number of hydrogen-bond acceptors (Lipinski definition) is 4. The van der Waals surface area contributed by atoms with Crippen LogP contribution in [0.4, 0.5) is 4.79 Å². The summed E-state index contributed by atoms with van der Waals surface area (Å²) in [5, 5.41) is 15.1. The molecule has 2 aromatic rings. The molecule has 4 rings (SSSR count). The number of fused-ring (bicyclic) bond motifs is 3. The zero-order chi connectivity index (χ0) is 25.0. The van der Waals surface area contributed by atoms with Crippen molar-refractivity contribution in [3.8, 4) is 11.1 Å². The highest BCUT2D eigenvalue weighted by atomic mass is 16.5. The summed E-state index contributed by atoms with van der Waals surface area (Å²) < 4.78 is 5.70. The molecule has 35 heavy (non-hydrogen) atoms. The van der Waals surface area contributed by atoms with Crippen LogP contribution < -0.4 is 10.6 Å². The van der Waals surface area contributed by atoms with E-state index in [0.29, 0.717) is 25.7 Å². The number of nitrogens with one attached hydrogen (secondary N) is 2. The molecule has 3 atom stereocenters. The minimum absolute atomic E-state index is 0.0421. The van der Waals surface area contributed by atoms with E-state index >= 15 is 0 Å². The van der Waals surface area contributed by atoms with Gasteiger partial charge in [0.15, 0.2) is 0 Å². The number of carbonyl (C=O) groups excluding carboxylic acids is 2. The van der Waals surface area contributed by atoms with E-state index in [0.717, 1.165) is 35.1 Å². The highest BCUT2D eigenvalue weighted by molar-refractivity contribution is 5.88. The number of rotatable bonds is 8. The number of carboxylic acid groups (broad SMARTS) is 1. The van der Waals surface area contributed by atoms with Crippen LogP contribution in [0.5, 0.6) is 0 Å². The molecule has 2 aliphatic rings. The SMILES string of the molecule is CCCC(NC(=O)C1(C)CCCCC1NC(=O)OCC1c2ccccc2-c2ccccc21)C(=O)O. The van der Waals surface area contributed by atoms with Crippen molar-refractivity contribution < 1.29 is 24.2 Å². The van der Waals surface area contributed by atoms with E-state index in [-0.39, 0.29) is 18.4 Å². The molecule has 0 spiro atoms. The van der Waals surface area contributed by atoms with E-state index in [1.165, 1.54) is 0 Å². The Morgan fingerprint density at radius 2 is 1.69 bits per heavy atom. The highest BCUT2D eigenvalue weighted by Crippen LogP contribution is 2.44. The first-order valence-corrected chi connectivity index (χ1v) is 12.5. The van der Waals surface area contributed by atoms with Gasteiger partial charge in [0.2, 0.25) is 5.91 Å². The minimum atomic E-state index is -1.04. The Balaban J connectivity index is 1.42. The molecular formula is C28H34N2O5. The standard InChI is InChI=1S/C28H34N2O5/c1-3-10-23(25(31)32)29-26(33)28(2)16-9-8-15-24(28)30-27(34)35-17-22-20-13-6-4-11-18(20)19-12-5-7-14-21(19)22/h4-7,11-14,22-24H,3,8-10,15-17H2,1-2H3,(H,29,33)(H,30,34)(H,31,32). The zero-order valence-electron chi connectivity index (χ0n) is 20.4. The van der Waals surface area contributed by atoms with Crippen LogP contribution in [0.2, 0.25) is 0 Å². The van der Waals surface area contributed by atoms with Crippen LogP contribution in [0, 0.1) is 5.41 Å². The van der Waals surface area contributed by atoms with Gasteiger partial charge in [0.05, 0.1) is 5.41 Å². The predicted octanol–water partition coefficient (Wildman–Crippen LogP) is 4.84. The van der Waals surface area contributed by atoms with Gasteiger partial charge in [-0.1, -0.05) is 74.7 Å². The van der Waals surface area contributed by atoms with Crippen molar-refractivity contribution in [1.29, 1.82) is 0 Å². The molecule has 0 radical (unpaired) electrons. The largest absolute Gasteiger partial charge is 0.480 e. The number of benzene rings is 2. The summed E-state index contributed by atoms with van der Waals surface area (Å²) in [5.74, 6) is -1.41. The fraction of sp³-hybridized carbons (Fsp3) is 0.464. The van der Waals surface area contributed by atoms with Gasteiger partial charge in [0.1, 0.15) is 12.6 Å². The molecule has 186 valence electrons. The lowest BCUT2D eigenvalue weighted by atomic mass is 9.71. The lowest BCUT2D eigenvalue weighted by molar-refractivity contribution is -0.145. The first-order chi connectivity index (χ1) is 16.8. The van der Waals surface area contributed by atoms with E-state index in [4.69, 9.17) is 4.74 Å². The minimum Gasteiger partial charge on any atom is -0.480 e. The topological polar surface area (TPSA) is 105 Å². The molecule has 2 aliphatic carbocycles. The Kier molecular flexibility index (Phi) is 7.43. The van der Waals surface area contributed by atoms with Gasteiger partial charge >= 0.3 is 12.1 Å². The monoisotopic (exact) mass is 478 g/mol. The Bertz CT molecular complexity index is 1050. The highest BCUT2D eigenvalue weighted by Gasteiger charge is 2.45. The lowest BCUT2D eigenvalue weighted by Crippen LogP contribution is -2.58. The molecule has 2 amide bonds. The number of carbonyl (C=O) groups is 3. The fourth-order valence-corrected chi connectivity index (χ4v) is 5.49. The van der Waals surface area contributed by atoms with Crippen LogP contribution in [0.3, 0.4) is 0 Å². The second-order valence-corrected chi connectivity index (χ2v) is 9.84. The maximum Gasteiger partial charge on any atom is 0.407 e. The van der Waals surface area contributed by atoms with Gasteiger partial charge in [-0.3, -0.25) is 4.79 Å². The van der Waals surface area contributed by atoms with Crippen LogP contribution >= 0.6 is 0 Å². The van der Waals surface area contributed by atoms with E-state index in [1.54, 1.807) is 6.92 Å². The second-order valence-electron chi connectivity index (χ2n) is 9.84. The fourth-order valence-electron chi connectivity index (χ4n) is 5.49. The Morgan fingerprint density at radius 1 is 1.06 bits per heavy atom. The average molecular weight is 479 g/mol. The van der Waals surface area contributed by atoms with Gasteiger partial charge in [0, 0.05) is 12.0 Å². The molecule has 0 heterocycles. The summed E-state index contributed by atoms with van der Waals surface area (Å²) in [6, 6.07) is 15.0. The number of amides is 2. The predicted molar refractivity (Wildman–Crippen MR) is 133 cm³/mol. The second kappa shape index (κ2) is 10.5. The first-order valence-electron chi connectivity index (χ1n) is 12.5. The molecule has 2 aromatic carbocycles. The van der Waals surface area contributed by atoms with Crippen LogP contribution in [-0.4, -0.2) is 41.8 Å². The number of aliphatic carboxylic acids is 1. The summed E-state index contributed by atoms with van der Waals surface area (Å²) in [6.45, 7) is 3.89. The van der Waals surface area contributed by atoms with Gasteiger partial charge in [-0.05, 0) is 48.4 Å². The van der Waals surface area contributed by atoms with Gasteiger partial charge < -0.3 is 20.5 Å². The number of alkyl carbamates (subject to hydrolysis) is 1. The van der Waals surface area contributed by atoms with E-state index in [1.807, 2.05) is 31.2 Å². The summed E-state index contributed by atoms with van der Waals surface area (Å²) in [4.78, 5) is 37.6. The molecular weight excluding hydrogens is 444 g/mol. The third-order valence-electron chi connectivity index (χ3n) is 7.54. The molecule has 0 bridgehead atoms. The van der Waals surface area contributed by atoms with E-state index in [9.17, 15) is 19.5 Å². The first kappa shape index (κ1) is 24.8. The molecule has 7 nitrogen and oxygen atoms in total. The Morgan fingerprint density at radius 3 is 2.29 bits per heavy atom. The third-order valence-corrected chi connectivity index (χ3v) is 7.54.